The third-order valence-electron chi connectivity index (χ3n) is 5.56. The summed E-state index contributed by atoms with van der Waals surface area (Å²) < 4.78 is 39.6. The minimum Gasteiger partial charge on any atom is -0.495 e. The lowest BCUT2D eigenvalue weighted by atomic mass is 10.1. The first-order chi connectivity index (χ1) is 15.9. The summed E-state index contributed by atoms with van der Waals surface area (Å²) in [7, 11) is -2.57. The van der Waals surface area contributed by atoms with Crippen LogP contribution in [0.4, 0.5) is 0 Å². The van der Waals surface area contributed by atoms with E-state index in [4.69, 9.17) is 9.47 Å². The van der Waals surface area contributed by atoms with Crippen LogP contribution in [0.25, 0.3) is 0 Å². The zero-order valence-electron chi connectivity index (χ0n) is 19.2. The van der Waals surface area contributed by atoms with E-state index in [1.165, 1.54) is 7.11 Å². The van der Waals surface area contributed by atoms with E-state index in [0.29, 0.717) is 6.54 Å². The Balaban J connectivity index is 1.69. The van der Waals surface area contributed by atoms with Crippen LogP contribution >= 0.6 is 0 Å². The summed E-state index contributed by atoms with van der Waals surface area (Å²) in [5, 5.41) is 2.90. The van der Waals surface area contributed by atoms with Gasteiger partial charge in [-0.05, 0) is 49.6 Å². The first-order valence-electron chi connectivity index (χ1n) is 11.2. The van der Waals surface area contributed by atoms with E-state index in [-0.39, 0.29) is 23.0 Å². The number of sulfonamides is 1. The fraction of sp³-hybridized carbons (Fsp3) is 0.458. The molecule has 0 saturated carbocycles. The number of hydrogen-bond acceptors (Lipinski definition) is 6. The number of benzene rings is 2. The van der Waals surface area contributed by atoms with Crippen LogP contribution in [0, 0.1) is 6.92 Å². The summed E-state index contributed by atoms with van der Waals surface area (Å²) in [5.41, 5.74) is 1.65. The molecule has 0 bridgehead atoms. The molecule has 1 aliphatic rings. The van der Waals surface area contributed by atoms with Gasteiger partial charge >= 0.3 is 0 Å². The van der Waals surface area contributed by atoms with Crippen molar-refractivity contribution >= 4 is 15.9 Å². The number of nitrogens with one attached hydrogen (secondary N) is 2. The van der Waals surface area contributed by atoms with E-state index >= 15 is 0 Å². The zero-order valence-corrected chi connectivity index (χ0v) is 20.1. The highest BCUT2D eigenvalue weighted by Crippen LogP contribution is 2.25. The molecule has 2 N–H and O–H groups in total. The zero-order chi connectivity index (χ0) is 23.7. The van der Waals surface area contributed by atoms with Crippen molar-refractivity contribution in [2.45, 2.75) is 30.7 Å². The Morgan fingerprint density at radius 2 is 1.88 bits per heavy atom. The summed E-state index contributed by atoms with van der Waals surface area (Å²) >= 11 is 0. The van der Waals surface area contributed by atoms with Gasteiger partial charge in [-0.1, -0.05) is 36.4 Å². The summed E-state index contributed by atoms with van der Waals surface area (Å²) in [4.78, 5) is 15.3. The van der Waals surface area contributed by atoms with Gasteiger partial charge in [-0.15, -0.1) is 0 Å². The molecule has 9 heteroatoms. The number of aryl methyl sites for hydroxylation is 1. The van der Waals surface area contributed by atoms with Crippen molar-refractivity contribution in [3.05, 3.63) is 59.7 Å². The van der Waals surface area contributed by atoms with Crippen LogP contribution in [0.5, 0.6) is 5.75 Å². The van der Waals surface area contributed by atoms with Gasteiger partial charge in [0.05, 0.1) is 20.3 Å². The van der Waals surface area contributed by atoms with Gasteiger partial charge in [0.1, 0.15) is 16.7 Å². The van der Waals surface area contributed by atoms with Crippen molar-refractivity contribution < 1.29 is 22.7 Å². The standard InChI is InChI=1S/C24H33N3O5S/c1-19-9-10-22(31-2)23(17-19)33(29,30)26-21(18-20-7-4-3-5-8-20)24(28)25-11-6-12-27-13-15-32-16-14-27/h3-5,7-10,17,21,26H,6,11-16,18H2,1-2H3,(H,25,28)/t21-/m1/s1. The van der Waals surface area contributed by atoms with Crippen molar-refractivity contribution in [3.63, 3.8) is 0 Å². The Morgan fingerprint density at radius 3 is 2.58 bits per heavy atom. The van der Waals surface area contributed by atoms with Gasteiger partial charge in [-0.3, -0.25) is 9.69 Å². The lowest BCUT2D eigenvalue weighted by Crippen LogP contribution is -2.48. The topological polar surface area (TPSA) is 97.0 Å². The van der Waals surface area contributed by atoms with Crippen LogP contribution < -0.4 is 14.8 Å². The average molecular weight is 476 g/mol. The molecule has 33 heavy (non-hydrogen) atoms. The molecule has 1 heterocycles. The van der Waals surface area contributed by atoms with Gasteiger partial charge in [0.2, 0.25) is 15.9 Å². The Bertz CT molecular complexity index is 1010. The van der Waals surface area contributed by atoms with Crippen molar-refractivity contribution in [1.82, 2.24) is 14.9 Å². The van der Waals surface area contributed by atoms with Gasteiger partial charge in [0.25, 0.3) is 0 Å². The maximum absolute atomic E-state index is 13.2. The maximum Gasteiger partial charge on any atom is 0.244 e. The average Bonchev–Trinajstić information content (AvgIpc) is 2.82. The summed E-state index contributed by atoms with van der Waals surface area (Å²) in [6.45, 7) is 6.38. The molecule has 8 nitrogen and oxygen atoms in total. The second-order valence-electron chi connectivity index (χ2n) is 8.12. The highest BCUT2D eigenvalue weighted by atomic mass is 32.2. The molecule has 0 aliphatic carbocycles. The van der Waals surface area contributed by atoms with E-state index in [0.717, 1.165) is 50.4 Å². The van der Waals surface area contributed by atoms with Crippen LogP contribution in [0.3, 0.4) is 0 Å². The maximum atomic E-state index is 13.2. The predicted molar refractivity (Wildman–Crippen MR) is 127 cm³/mol. The van der Waals surface area contributed by atoms with Crippen molar-refractivity contribution in [2.24, 2.45) is 0 Å². The molecule has 0 radical (unpaired) electrons. The molecule has 3 rings (SSSR count). The Labute approximate surface area is 196 Å². The number of hydrogen-bond donors (Lipinski definition) is 2. The number of morpholine rings is 1. The molecule has 1 fully saturated rings. The van der Waals surface area contributed by atoms with E-state index < -0.39 is 16.1 Å². The van der Waals surface area contributed by atoms with E-state index in [1.54, 1.807) is 25.1 Å². The quantitative estimate of drug-likeness (QED) is 0.481. The SMILES string of the molecule is COc1ccc(C)cc1S(=O)(=O)N[C@H](Cc1ccccc1)C(=O)NCCCN1CCOCC1. The molecule has 0 spiro atoms. The molecular formula is C24H33N3O5S. The van der Waals surface area contributed by atoms with Crippen molar-refractivity contribution in [2.75, 3.05) is 46.5 Å². The normalized spacial score (nSPS) is 15.7. The summed E-state index contributed by atoms with van der Waals surface area (Å²) in [6.07, 6.45) is 1.02. The molecule has 1 amide bonds. The largest absolute Gasteiger partial charge is 0.495 e. The first-order valence-corrected chi connectivity index (χ1v) is 12.7. The third-order valence-corrected chi connectivity index (χ3v) is 7.05. The second kappa shape index (κ2) is 12.1. The molecule has 2 aromatic rings. The molecular weight excluding hydrogens is 442 g/mol. The van der Waals surface area contributed by atoms with Crippen LogP contribution in [-0.4, -0.2) is 71.8 Å². The highest BCUT2D eigenvalue weighted by Gasteiger charge is 2.28. The van der Waals surface area contributed by atoms with Crippen molar-refractivity contribution in [1.29, 1.82) is 0 Å². The van der Waals surface area contributed by atoms with Gasteiger partial charge in [0, 0.05) is 19.6 Å². The number of amides is 1. The van der Waals surface area contributed by atoms with E-state index in [1.807, 2.05) is 30.3 Å². The lowest BCUT2D eigenvalue weighted by molar-refractivity contribution is -0.122. The Morgan fingerprint density at radius 1 is 1.15 bits per heavy atom. The van der Waals surface area contributed by atoms with Crippen LogP contribution in [-0.2, 0) is 26.0 Å². The number of ether oxygens (including phenoxy) is 2. The molecule has 1 saturated heterocycles. The smallest absolute Gasteiger partial charge is 0.244 e. The molecule has 1 aliphatic heterocycles. The predicted octanol–water partition coefficient (Wildman–Crippen LogP) is 1.73. The van der Waals surface area contributed by atoms with E-state index in [2.05, 4.69) is 14.9 Å². The van der Waals surface area contributed by atoms with Crippen LogP contribution in [0.1, 0.15) is 17.5 Å². The number of carbonyl (C=O) groups excluding carboxylic acids is 1. The lowest BCUT2D eigenvalue weighted by Gasteiger charge is -2.26. The Hall–Kier alpha value is -2.46. The molecule has 180 valence electrons. The van der Waals surface area contributed by atoms with Crippen LogP contribution in [0.15, 0.2) is 53.4 Å². The molecule has 2 aromatic carbocycles. The minimum atomic E-state index is -4.00. The summed E-state index contributed by atoms with van der Waals surface area (Å²) in [6, 6.07) is 13.3. The number of methoxy groups -OCH3 is 1. The number of nitrogens with zero attached hydrogens (tertiary/aromatic N) is 1. The van der Waals surface area contributed by atoms with E-state index in [9.17, 15) is 13.2 Å². The van der Waals surface area contributed by atoms with Gasteiger partial charge in [-0.25, -0.2) is 8.42 Å². The molecule has 0 unspecified atom stereocenters. The third kappa shape index (κ3) is 7.53. The number of carbonyl (C=O) groups is 1. The monoisotopic (exact) mass is 475 g/mol. The van der Waals surface area contributed by atoms with Gasteiger partial charge in [-0.2, -0.15) is 4.72 Å². The fourth-order valence-electron chi connectivity index (χ4n) is 3.74. The fourth-order valence-corrected chi connectivity index (χ4v) is 5.19. The van der Waals surface area contributed by atoms with Crippen LogP contribution in [0.2, 0.25) is 0 Å². The summed E-state index contributed by atoms with van der Waals surface area (Å²) in [5.74, 6) is -0.117. The minimum absolute atomic E-state index is 0.0168. The first kappa shape index (κ1) is 25.2. The highest BCUT2D eigenvalue weighted by molar-refractivity contribution is 7.89. The van der Waals surface area contributed by atoms with Gasteiger partial charge < -0.3 is 14.8 Å². The second-order valence-corrected chi connectivity index (χ2v) is 9.80. The van der Waals surface area contributed by atoms with Gasteiger partial charge in [0.15, 0.2) is 0 Å². The number of rotatable bonds is 11. The van der Waals surface area contributed by atoms with Crippen molar-refractivity contribution in [3.8, 4) is 5.75 Å². The molecule has 1 atom stereocenters. The molecule has 0 aromatic heterocycles. The Kier molecular flexibility index (Phi) is 9.25.